The van der Waals surface area contributed by atoms with Crippen molar-refractivity contribution in [3.63, 3.8) is 0 Å². The summed E-state index contributed by atoms with van der Waals surface area (Å²) in [5, 5.41) is 6.36. The number of carbonyl (C=O) groups excluding carboxylic acids is 1. The summed E-state index contributed by atoms with van der Waals surface area (Å²) < 4.78 is 39.1. The molecule has 0 aliphatic rings. The van der Waals surface area contributed by atoms with E-state index in [9.17, 15) is 18.0 Å². The largest absolute Gasteiger partial charge is 0.435 e. The van der Waals surface area contributed by atoms with Crippen molar-refractivity contribution in [1.29, 1.82) is 0 Å². The smallest absolute Gasteiger partial charge is 0.348 e. The van der Waals surface area contributed by atoms with E-state index in [1.807, 2.05) is 0 Å². The molecule has 25 heavy (non-hydrogen) atoms. The Kier molecular flexibility index (Phi) is 6.19. The molecule has 1 heterocycles. The predicted octanol–water partition coefficient (Wildman–Crippen LogP) is 3.14. The molecule has 3 N–H and O–H groups in total. The number of nitrogens with one attached hydrogen (secondary N) is 1. The first-order valence-corrected chi connectivity index (χ1v) is 8.09. The first-order chi connectivity index (χ1) is 11.8. The third-order valence-corrected chi connectivity index (χ3v) is 3.78. The van der Waals surface area contributed by atoms with E-state index < -0.39 is 11.9 Å². The van der Waals surface area contributed by atoms with Gasteiger partial charge in [-0.3, -0.25) is 4.79 Å². The highest BCUT2D eigenvalue weighted by Crippen LogP contribution is 2.27. The monoisotopic (exact) mass is 354 g/mol. The molecule has 1 aromatic heterocycles. The molecule has 5 nitrogen and oxygen atoms in total. The fourth-order valence-corrected chi connectivity index (χ4v) is 2.38. The fraction of sp³-hybridized carbons (Fsp3) is 0.412. The van der Waals surface area contributed by atoms with Gasteiger partial charge in [-0.05, 0) is 30.7 Å². The molecule has 0 saturated carbocycles. The molecule has 0 fully saturated rings. The Hall–Kier alpha value is -2.35. The Balaban J connectivity index is 2.15. The molecule has 0 aliphatic carbocycles. The van der Waals surface area contributed by atoms with Crippen LogP contribution in [0.2, 0.25) is 0 Å². The standard InChI is InChI=1S/C17H21F3N4O/c1-2-3-6-13(11-21)22-16(25)12-5-4-7-14(10-12)24-9-8-15(23-24)17(18,19)20/h4-5,7-10,13H,2-3,6,11,21H2,1H3,(H,22,25). The van der Waals surface area contributed by atoms with Crippen LogP contribution in [0.15, 0.2) is 36.5 Å². The van der Waals surface area contributed by atoms with Crippen molar-refractivity contribution in [2.45, 2.75) is 38.4 Å². The third-order valence-electron chi connectivity index (χ3n) is 3.78. The lowest BCUT2D eigenvalue weighted by atomic mass is 10.1. The molecule has 1 aromatic carbocycles. The molecule has 0 aliphatic heterocycles. The summed E-state index contributed by atoms with van der Waals surface area (Å²) in [6.45, 7) is 2.39. The van der Waals surface area contributed by atoms with Gasteiger partial charge in [-0.25, -0.2) is 4.68 Å². The Morgan fingerprint density at radius 3 is 2.72 bits per heavy atom. The van der Waals surface area contributed by atoms with Crippen LogP contribution < -0.4 is 11.1 Å². The second-order valence-corrected chi connectivity index (χ2v) is 5.74. The fourth-order valence-electron chi connectivity index (χ4n) is 2.38. The Bertz CT molecular complexity index is 712. The van der Waals surface area contributed by atoms with Gasteiger partial charge in [0.05, 0.1) is 5.69 Å². The van der Waals surface area contributed by atoms with Crippen LogP contribution in [-0.2, 0) is 6.18 Å². The van der Waals surface area contributed by atoms with E-state index in [4.69, 9.17) is 5.73 Å². The van der Waals surface area contributed by atoms with E-state index in [0.29, 0.717) is 17.8 Å². The maximum Gasteiger partial charge on any atom is 0.435 e. The zero-order chi connectivity index (χ0) is 18.4. The second-order valence-electron chi connectivity index (χ2n) is 5.74. The maximum atomic E-state index is 12.7. The molecule has 1 atom stereocenters. The van der Waals surface area contributed by atoms with E-state index in [0.717, 1.165) is 30.0 Å². The van der Waals surface area contributed by atoms with E-state index in [-0.39, 0.29) is 11.9 Å². The number of hydrogen-bond acceptors (Lipinski definition) is 3. The Morgan fingerprint density at radius 2 is 2.12 bits per heavy atom. The minimum absolute atomic E-state index is 0.127. The van der Waals surface area contributed by atoms with Gasteiger partial charge in [-0.2, -0.15) is 18.3 Å². The van der Waals surface area contributed by atoms with Crippen LogP contribution in [-0.4, -0.2) is 28.3 Å². The minimum atomic E-state index is -4.51. The topological polar surface area (TPSA) is 72.9 Å². The quantitative estimate of drug-likeness (QED) is 0.802. The molecule has 1 unspecified atom stereocenters. The van der Waals surface area contributed by atoms with Crippen molar-refractivity contribution in [3.8, 4) is 5.69 Å². The lowest BCUT2D eigenvalue weighted by molar-refractivity contribution is -0.141. The lowest BCUT2D eigenvalue weighted by Gasteiger charge is -2.16. The number of rotatable bonds is 7. The number of alkyl halides is 3. The van der Waals surface area contributed by atoms with Gasteiger partial charge in [0.2, 0.25) is 0 Å². The minimum Gasteiger partial charge on any atom is -0.348 e. The van der Waals surface area contributed by atoms with Gasteiger partial charge < -0.3 is 11.1 Å². The molecule has 2 aromatic rings. The van der Waals surface area contributed by atoms with Crippen LogP contribution in [0, 0.1) is 0 Å². The van der Waals surface area contributed by atoms with Crippen molar-refractivity contribution < 1.29 is 18.0 Å². The summed E-state index contributed by atoms with van der Waals surface area (Å²) in [5.74, 6) is -0.309. The van der Waals surface area contributed by atoms with Crippen LogP contribution in [0.25, 0.3) is 5.69 Å². The highest BCUT2D eigenvalue weighted by atomic mass is 19.4. The van der Waals surface area contributed by atoms with Crippen LogP contribution in [0.1, 0.15) is 42.2 Å². The van der Waals surface area contributed by atoms with Gasteiger partial charge in [0.1, 0.15) is 0 Å². The summed E-state index contributed by atoms with van der Waals surface area (Å²) in [7, 11) is 0. The number of aromatic nitrogens is 2. The van der Waals surface area contributed by atoms with Crippen LogP contribution in [0.3, 0.4) is 0 Å². The van der Waals surface area contributed by atoms with Gasteiger partial charge in [0, 0.05) is 24.3 Å². The number of halogens is 3. The molecular formula is C17H21F3N4O. The molecule has 136 valence electrons. The van der Waals surface area contributed by atoms with Gasteiger partial charge in [-0.15, -0.1) is 0 Å². The summed E-state index contributed by atoms with van der Waals surface area (Å²) >= 11 is 0. The molecule has 0 saturated heterocycles. The number of hydrogen-bond donors (Lipinski definition) is 2. The molecule has 2 rings (SSSR count). The molecule has 1 amide bonds. The number of benzene rings is 1. The number of nitrogens with two attached hydrogens (primary N) is 1. The molecular weight excluding hydrogens is 333 g/mol. The lowest BCUT2D eigenvalue weighted by Crippen LogP contribution is -2.40. The van der Waals surface area contributed by atoms with E-state index >= 15 is 0 Å². The molecule has 8 heteroatoms. The zero-order valence-electron chi connectivity index (χ0n) is 13.9. The normalized spacial score (nSPS) is 12.8. The van der Waals surface area contributed by atoms with Gasteiger partial charge >= 0.3 is 6.18 Å². The number of carbonyl (C=O) groups is 1. The summed E-state index contributed by atoms with van der Waals surface area (Å²) in [6.07, 6.45) is -0.553. The number of unbranched alkanes of at least 4 members (excludes halogenated alkanes) is 1. The molecule has 0 spiro atoms. The first-order valence-electron chi connectivity index (χ1n) is 8.09. The maximum absolute atomic E-state index is 12.7. The van der Waals surface area contributed by atoms with Gasteiger partial charge in [-0.1, -0.05) is 25.8 Å². The third kappa shape index (κ3) is 5.06. The predicted molar refractivity (Wildman–Crippen MR) is 88.4 cm³/mol. The van der Waals surface area contributed by atoms with Crippen molar-refractivity contribution in [2.75, 3.05) is 6.54 Å². The van der Waals surface area contributed by atoms with Crippen molar-refractivity contribution in [3.05, 3.63) is 47.8 Å². The SMILES string of the molecule is CCCCC(CN)NC(=O)c1cccc(-n2ccc(C(F)(F)F)n2)c1. The summed E-state index contributed by atoms with van der Waals surface area (Å²) in [5.41, 5.74) is 5.41. The second kappa shape index (κ2) is 8.15. The Morgan fingerprint density at radius 1 is 1.36 bits per heavy atom. The van der Waals surface area contributed by atoms with Crippen molar-refractivity contribution in [2.24, 2.45) is 5.73 Å². The first kappa shape index (κ1) is 19.0. The van der Waals surface area contributed by atoms with Gasteiger partial charge in [0.15, 0.2) is 5.69 Å². The highest BCUT2D eigenvalue weighted by Gasteiger charge is 2.33. The molecule has 0 bridgehead atoms. The van der Waals surface area contributed by atoms with Crippen molar-refractivity contribution >= 4 is 5.91 Å². The van der Waals surface area contributed by atoms with Crippen LogP contribution in [0.4, 0.5) is 13.2 Å². The zero-order valence-corrected chi connectivity index (χ0v) is 13.9. The summed E-state index contributed by atoms with van der Waals surface area (Å²) in [6, 6.07) is 7.04. The van der Waals surface area contributed by atoms with Crippen LogP contribution >= 0.6 is 0 Å². The highest BCUT2D eigenvalue weighted by molar-refractivity contribution is 5.94. The molecule has 0 radical (unpaired) electrons. The number of nitrogens with zero attached hydrogens (tertiary/aromatic N) is 2. The average molecular weight is 354 g/mol. The summed E-state index contributed by atoms with van der Waals surface area (Å²) in [4.78, 5) is 12.3. The van der Waals surface area contributed by atoms with E-state index in [2.05, 4.69) is 17.3 Å². The van der Waals surface area contributed by atoms with Crippen molar-refractivity contribution in [1.82, 2.24) is 15.1 Å². The number of amides is 1. The average Bonchev–Trinajstić information content (AvgIpc) is 3.09. The van der Waals surface area contributed by atoms with E-state index in [1.165, 1.54) is 12.3 Å². The van der Waals surface area contributed by atoms with Gasteiger partial charge in [0.25, 0.3) is 5.91 Å². The Labute approximate surface area is 144 Å². The van der Waals surface area contributed by atoms with E-state index in [1.54, 1.807) is 18.2 Å². The van der Waals surface area contributed by atoms with Crippen LogP contribution in [0.5, 0.6) is 0 Å².